The highest BCUT2D eigenvalue weighted by atomic mass is 79.9. The molecule has 1 N–H and O–H groups in total. The maximum absolute atomic E-state index is 12.7. The Balaban J connectivity index is 1.86. The summed E-state index contributed by atoms with van der Waals surface area (Å²) >= 11 is 3.37. The van der Waals surface area contributed by atoms with Crippen molar-refractivity contribution in [3.63, 3.8) is 0 Å². The Bertz CT molecular complexity index is 1090. The predicted molar refractivity (Wildman–Crippen MR) is 117 cm³/mol. The van der Waals surface area contributed by atoms with Crippen molar-refractivity contribution in [3.05, 3.63) is 74.0 Å². The summed E-state index contributed by atoms with van der Waals surface area (Å²) in [5.41, 5.74) is 2.87. The number of ether oxygens (including phenoxy) is 1. The zero-order valence-corrected chi connectivity index (χ0v) is 18.6. The molecule has 1 amide bonds. The van der Waals surface area contributed by atoms with Crippen LogP contribution in [0.15, 0.2) is 47.1 Å². The first kappa shape index (κ1) is 21.5. The Hall–Kier alpha value is -3.20. The SMILES string of the molecule is Cc1cc(C)cc(Oc2cc(NC(=O)C(C)n3cc(Br)c(C)n3)cc([N+](=O)[O-])c2)c1. The molecule has 3 rings (SSSR count). The van der Waals surface area contributed by atoms with E-state index in [1.54, 1.807) is 19.2 Å². The summed E-state index contributed by atoms with van der Waals surface area (Å²) < 4.78 is 8.16. The standard InChI is InChI=1S/C21H21BrN4O4/c1-12-5-13(2)7-18(6-12)30-19-9-16(8-17(10-19)26(28)29)23-21(27)15(4)25-11-20(22)14(3)24-25/h5-11,15H,1-4H3,(H,23,27). The van der Waals surface area contributed by atoms with Crippen LogP contribution in [-0.4, -0.2) is 20.6 Å². The number of hydrogen-bond acceptors (Lipinski definition) is 5. The number of nitrogens with one attached hydrogen (secondary N) is 1. The van der Waals surface area contributed by atoms with Crippen LogP contribution < -0.4 is 10.1 Å². The molecule has 0 fully saturated rings. The van der Waals surface area contributed by atoms with Gasteiger partial charge in [-0.05, 0) is 66.9 Å². The number of carbonyl (C=O) groups excluding carboxylic acids is 1. The fraction of sp³-hybridized carbons (Fsp3) is 0.238. The van der Waals surface area contributed by atoms with Gasteiger partial charge >= 0.3 is 0 Å². The Morgan fingerprint density at radius 2 is 1.77 bits per heavy atom. The van der Waals surface area contributed by atoms with Crippen molar-refractivity contribution in [1.29, 1.82) is 0 Å². The summed E-state index contributed by atoms with van der Waals surface area (Å²) in [5.74, 6) is 0.466. The number of amides is 1. The monoisotopic (exact) mass is 472 g/mol. The van der Waals surface area contributed by atoms with E-state index in [1.807, 2.05) is 39.0 Å². The molecule has 9 heteroatoms. The van der Waals surface area contributed by atoms with Crippen LogP contribution in [0.2, 0.25) is 0 Å². The summed E-state index contributed by atoms with van der Waals surface area (Å²) in [5, 5.41) is 18.4. The zero-order valence-electron chi connectivity index (χ0n) is 17.0. The normalized spacial score (nSPS) is 11.8. The van der Waals surface area contributed by atoms with Crippen LogP contribution in [0.1, 0.15) is 29.8 Å². The molecule has 3 aromatic rings. The Labute approximate surface area is 182 Å². The Kier molecular flexibility index (Phi) is 6.21. The van der Waals surface area contributed by atoms with E-state index in [0.717, 1.165) is 21.3 Å². The lowest BCUT2D eigenvalue weighted by Crippen LogP contribution is -2.24. The van der Waals surface area contributed by atoms with Crippen LogP contribution in [0.5, 0.6) is 11.5 Å². The number of nitrogens with zero attached hydrogens (tertiary/aromatic N) is 3. The first-order valence-corrected chi connectivity index (χ1v) is 9.99. The number of hydrogen-bond donors (Lipinski definition) is 1. The summed E-state index contributed by atoms with van der Waals surface area (Å²) in [4.78, 5) is 23.5. The van der Waals surface area contributed by atoms with E-state index in [-0.39, 0.29) is 23.0 Å². The van der Waals surface area contributed by atoms with E-state index in [4.69, 9.17) is 4.74 Å². The minimum Gasteiger partial charge on any atom is -0.457 e. The molecule has 30 heavy (non-hydrogen) atoms. The highest BCUT2D eigenvalue weighted by Crippen LogP contribution is 2.31. The summed E-state index contributed by atoms with van der Waals surface area (Å²) in [7, 11) is 0. The average molecular weight is 473 g/mol. The molecular formula is C21H21BrN4O4. The molecule has 0 saturated heterocycles. The predicted octanol–water partition coefficient (Wildman–Crippen LogP) is 5.47. The van der Waals surface area contributed by atoms with Crippen LogP contribution in [0.25, 0.3) is 0 Å². The lowest BCUT2D eigenvalue weighted by Gasteiger charge is -2.14. The third-order valence-electron chi connectivity index (χ3n) is 4.43. The minimum atomic E-state index is -0.613. The number of anilines is 1. The summed E-state index contributed by atoms with van der Waals surface area (Å²) in [6, 6.07) is 9.24. The molecule has 0 saturated carbocycles. The molecule has 0 bridgehead atoms. The second-order valence-electron chi connectivity index (χ2n) is 7.11. The fourth-order valence-electron chi connectivity index (χ4n) is 2.97. The van der Waals surface area contributed by atoms with Gasteiger partial charge in [-0.2, -0.15) is 5.10 Å². The average Bonchev–Trinajstić information content (AvgIpc) is 2.98. The molecule has 1 heterocycles. The maximum Gasteiger partial charge on any atom is 0.275 e. The van der Waals surface area contributed by atoms with Crippen LogP contribution in [0.3, 0.4) is 0 Å². The van der Waals surface area contributed by atoms with Crippen LogP contribution in [0.4, 0.5) is 11.4 Å². The molecule has 1 aromatic heterocycles. The Morgan fingerprint density at radius 3 is 2.33 bits per heavy atom. The largest absolute Gasteiger partial charge is 0.457 e. The molecule has 0 aliphatic carbocycles. The molecule has 1 unspecified atom stereocenters. The number of halogens is 1. The molecule has 1 atom stereocenters. The number of aromatic nitrogens is 2. The maximum atomic E-state index is 12.7. The first-order chi connectivity index (χ1) is 14.1. The molecule has 156 valence electrons. The molecule has 0 radical (unpaired) electrons. The second-order valence-corrected chi connectivity index (χ2v) is 7.96. The van der Waals surface area contributed by atoms with Crippen molar-refractivity contribution in [2.75, 3.05) is 5.32 Å². The third kappa shape index (κ3) is 5.04. The Morgan fingerprint density at radius 1 is 1.13 bits per heavy atom. The van der Waals surface area contributed by atoms with Crippen molar-refractivity contribution in [2.45, 2.75) is 33.7 Å². The van der Waals surface area contributed by atoms with E-state index in [9.17, 15) is 14.9 Å². The number of carbonyl (C=O) groups is 1. The van der Waals surface area contributed by atoms with Gasteiger partial charge < -0.3 is 10.1 Å². The van der Waals surface area contributed by atoms with E-state index in [0.29, 0.717) is 5.75 Å². The van der Waals surface area contributed by atoms with Crippen molar-refractivity contribution < 1.29 is 14.5 Å². The van der Waals surface area contributed by atoms with Gasteiger partial charge in [-0.1, -0.05) is 6.07 Å². The highest BCUT2D eigenvalue weighted by molar-refractivity contribution is 9.10. The van der Waals surface area contributed by atoms with Crippen LogP contribution in [-0.2, 0) is 4.79 Å². The molecule has 0 aliphatic heterocycles. The first-order valence-electron chi connectivity index (χ1n) is 9.20. The number of nitro groups is 1. The van der Waals surface area contributed by atoms with Gasteiger partial charge in [0.25, 0.3) is 5.69 Å². The van der Waals surface area contributed by atoms with Crippen molar-refractivity contribution >= 4 is 33.2 Å². The number of rotatable bonds is 6. The second kappa shape index (κ2) is 8.66. The van der Waals surface area contributed by atoms with E-state index in [2.05, 4.69) is 26.3 Å². The molecule has 8 nitrogen and oxygen atoms in total. The number of non-ortho nitro benzene ring substituents is 1. The topological polar surface area (TPSA) is 99.3 Å². The van der Waals surface area contributed by atoms with Gasteiger partial charge in [0, 0.05) is 18.3 Å². The minimum absolute atomic E-state index is 0.183. The van der Waals surface area contributed by atoms with Gasteiger partial charge in [0.05, 0.1) is 26.8 Å². The summed E-state index contributed by atoms with van der Waals surface area (Å²) in [6.07, 6.45) is 1.71. The van der Waals surface area contributed by atoms with Crippen molar-refractivity contribution in [3.8, 4) is 11.5 Å². The molecular weight excluding hydrogens is 452 g/mol. The third-order valence-corrected chi connectivity index (χ3v) is 5.21. The van der Waals surface area contributed by atoms with Gasteiger partial charge in [-0.25, -0.2) is 0 Å². The van der Waals surface area contributed by atoms with Gasteiger partial charge in [-0.3, -0.25) is 19.6 Å². The fourth-order valence-corrected chi connectivity index (χ4v) is 3.26. The van der Waals surface area contributed by atoms with Gasteiger partial charge in [0.2, 0.25) is 5.91 Å². The number of aryl methyl sites for hydroxylation is 3. The zero-order chi connectivity index (χ0) is 22.0. The van der Waals surface area contributed by atoms with E-state index in [1.165, 1.54) is 16.8 Å². The number of nitro benzene ring substituents is 1. The lowest BCUT2D eigenvalue weighted by atomic mass is 10.1. The van der Waals surface area contributed by atoms with Crippen molar-refractivity contribution in [1.82, 2.24) is 9.78 Å². The smallest absolute Gasteiger partial charge is 0.275 e. The highest BCUT2D eigenvalue weighted by Gasteiger charge is 2.19. The quantitative estimate of drug-likeness (QED) is 0.378. The van der Waals surface area contributed by atoms with E-state index < -0.39 is 11.0 Å². The van der Waals surface area contributed by atoms with E-state index >= 15 is 0 Å². The molecule has 0 aliphatic rings. The van der Waals surface area contributed by atoms with Gasteiger partial charge in [0.15, 0.2) is 0 Å². The summed E-state index contributed by atoms with van der Waals surface area (Å²) in [6.45, 7) is 7.40. The van der Waals surface area contributed by atoms with Crippen LogP contribution in [0, 0.1) is 30.9 Å². The lowest BCUT2D eigenvalue weighted by molar-refractivity contribution is -0.384. The van der Waals surface area contributed by atoms with Crippen LogP contribution >= 0.6 is 15.9 Å². The molecule has 0 spiro atoms. The van der Waals surface area contributed by atoms with Gasteiger partial charge in [-0.15, -0.1) is 0 Å². The van der Waals surface area contributed by atoms with Gasteiger partial charge in [0.1, 0.15) is 17.5 Å². The number of benzene rings is 2. The van der Waals surface area contributed by atoms with Crippen molar-refractivity contribution in [2.24, 2.45) is 0 Å². The molecule has 2 aromatic carbocycles.